The Kier molecular flexibility index (Phi) is 8.39. The summed E-state index contributed by atoms with van der Waals surface area (Å²) in [6.07, 6.45) is 0.782. The summed E-state index contributed by atoms with van der Waals surface area (Å²) >= 11 is 1.49. The summed E-state index contributed by atoms with van der Waals surface area (Å²) < 4.78 is 28.6. The van der Waals surface area contributed by atoms with E-state index in [2.05, 4.69) is 11.0 Å². The van der Waals surface area contributed by atoms with Gasteiger partial charge < -0.3 is 4.90 Å². The molecule has 1 heterocycles. The summed E-state index contributed by atoms with van der Waals surface area (Å²) in [4.78, 5) is 22.3. The molecule has 1 amide bonds. The van der Waals surface area contributed by atoms with Crippen molar-refractivity contribution >= 4 is 42.6 Å². The summed E-state index contributed by atoms with van der Waals surface area (Å²) in [6.45, 7) is 3.64. The van der Waals surface area contributed by atoms with Crippen molar-refractivity contribution in [1.29, 1.82) is 0 Å². The molecule has 0 atom stereocenters. The number of hydrogen-bond donors (Lipinski definition) is 0. The van der Waals surface area contributed by atoms with Crippen LogP contribution in [-0.2, 0) is 16.6 Å². The summed E-state index contributed by atoms with van der Waals surface area (Å²) in [5.74, 6) is -0.198. The number of aryl methyl sites for hydroxylation is 1. The topological polar surface area (TPSA) is 73.8 Å². The van der Waals surface area contributed by atoms with Crippen LogP contribution in [0.2, 0.25) is 0 Å². The molecule has 37 heavy (non-hydrogen) atoms. The van der Waals surface area contributed by atoms with Crippen LogP contribution in [0.4, 0.5) is 5.13 Å². The van der Waals surface area contributed by atoms with Gasteiger partial charge in [-0.05, 0) is 81.5 Å². The third kappa shape index (κ3) is 6.42. The number of carbonyl (C=O) groups excluding carboxylic acids is 1. The summed E-state index contributed by atoms with van der Waals surface area (Å²) in [5.41, 5.74) is 3.32. The zero-order valence-electron chi connectivity index (χ0n) is 21.6. The lowest BCUT2D eigenvalue weighted by Crippen LogP contribution is -2.33. The Hall–Kier alpha value is -3.11. The molecule has 7 nitrogen and oxygen atoms in total. The Morgan fingerprint density at radius 2 is 1.62 bits per heavy atom. The molecular formula is C28H32N4O3S2. The fourth-order valence-electron chi connectivity index (χ4n) is 4.00. The maximum absolute atomic E-state index is 13.6. The van der Waals surface area contributed by atoms with Crippen LogP contribution in [-0.4, -0.2) is 62.7 Å². The fraction of sp³-hybridized carbons (Fsp3) is 0.286. The van der Waals surface area contributed by atoms with E-state index in [0.29, 0.717) is 17.2 Å². The van der Waals surface area contributed by atoms with Crippen molar-refractivity contribution in [3.63, 3.8) is 0 Å². The Bertz CT molecular complexity index is 1470. The Morgan fingerprint density at radius 1 is 0.919 bits per heavy atom. The second-order valence-electron chi connectivity index (χ2n) is 9.35. The molecule has 3 aromatic carbocycles. The molecule has 1 aromatic heterocycles. The van der Waals surface area contributed by atoms with Gasteiger partial charge in [0.2, 0.25) is 10.0 Å². The first-order chi connectivity index (χ1) is 17.6. The number of hydrogen-bond acceptors (Lipinski definition) is 6. The van der Waals surface area contributed by atoms with Gasteiger partial charge >= 0.3 is 0 Å². The molecule has 0 aliphatic heterocycles. The maximum Gasteiger partial charge on any atom is 0.260 e. The maximum atomic E-state index is 13.6. The van der Waals surface area contributed by atoms with Crippen LogP contribution >= 0.6 is 11.3 Å². The number of rotatable bonds is 10. The normalized spacial score (nSPS) is 11.9. The van der Waals surface area contributed by atoms with E-state index in [9.17, 15) is 13.2 Å². The quantitative estimate of drug-likeness (QED) is 0.284. The van der Waals surface area contributed by atoms with Crippen LogP contribution in [0.25, 0.3) is 10.2 Å². The Labute approximate surface area is 223 Å². The van der Waals surface area contributed by atoms with E-state index in [1.165, 1.54) is 27.8 Å². The number of benzene rings is 3. The monoisotopic (exact) mass is 536 g/mol. The second-order valence-corrected chi connectivity index (χ2v) is 12.4. The molecule has 0 bridgehead atoms. The highest BCUT2D eigenvalue weighted by Gasteiger charge is 2.24. The standard InChI is InChI=1S/C28H32N4O3S2/c1-21-11-16-25-26(19-21)36-28(29-25)32(18-8-17-30(2)3)27(33)23-12-14-24(15-13-23)37(34,35)31(4)20-22-9-6-5-7-10-22/h5-7,9-16,19H,8,17-18,20H2,1-4H3. The number of sulfonamides is 1. The van der Waals surface area contributed by atoms with E-state index < -0.39 is 10.0 Å². The lowest BCUT2D eigenvalue weighted by Gasteiger charge is -2.21. The van der Waals surface area contributed by atoms with E-state index in [0.717, 1.165) is 34.3 Å². The SMILES string of the molecule is Cc1ccc2nc(N(CCCN(C)C)C(=O)c3ccc(S(=O)(=O)N(C)Cc4ccccc4)cc3)sc2c1. The van der Waals surface area contributed by atoms with Crippen LogP contribution in [0.3, 0.4) is 0 Å². The Balaban J connectivity index is 1.57. The third-order valence-corrected chi connectivity index (χ3v) is 8.91. The van der Waals surface area contributed by atoms with Crippen LogP contribution < -0.4 is 4.90 Å². The molecule has 0 radical (unpaired) electrons. The highest BCUT2D eigenvalue weighted by molar-refractivity contribution is 7.89. The summed E-state index contributed by atoms with van der Waals surface area (Å²) in [7, 11) is 1.85. The average Bonchev–Trinajstić information content (AvgIpc) is 3.29. The number of carbonyl (C=O) groups is 1. The molecule has 9 heteroatoms. The highest BCUT2D eigenvalue weighted by atomic mass is 32.2. The molecule has 0 fully saturated rings. The minimum Gasteiger partial charge on any atom is -0.309 e. The number of anilines is 1. The van der Waals surface area contributed by atoms with E-state index in [4.69, 9.17) is 4.98 Å². The van der Waals surface area contributed by atoms with Gasteiger partial charge in [0.25, 0.3) is 5.91 Å². The van der Waals surface area contributed by atoms with Gasteiger partial charge in [-0.25, -0.2) is 13.4 Å². The zero-order valence-corrected chi connectivity index (χ0v) is 23.2. The molecule has 0 saturated carbocycles. The van der Waals surface area contributed by atoms with E-state index in [-0.39, 0.29) is 17.3 Å². The van der Waals surface area contributed by atoms with Crippen molar-refractivity contribution in [2.45, 2.75) is 24.8 Å². The van der Waals surface area contributed by atoms with Crippen LogP contribution in [0.15, 0.2) is 77.7 Å². The molecule has 0 unspecified atom stereocenters. The van der Waals surface area contributed by atoms with Gasteiger partial charge in [0.1, 0.15) is 0 Å². The molecular weight excluding hydrogens is 504 g/mol. The average molecular weight is 537 g/mol. The lowest BCUT2D eigenvalue weighted by molar-refractivity contribution is 0.0986. The molecule has 4 aromatic rings. The predicted octanol–water partition coefficient (Wildman–Crippen LogP) is 5.02. The molecule has 194 valence electrons. The van der Waals surface area contributed by atoms with Gasteiger partial charge in [-0.1, -0.05) is 47.7 Å². The fourth-order valence-corrected chi connectivity index (χ4v) is 6.24. The largest absolute Gasteiger partial charge is 0.309 e. The van der Waals surface area contributed by atoms with Gasteiger partial charge in [-0.2, -0.15) is 4.31 Å². The first-order valence-corrected chi connectivity index (χ1v) is 14.3. The van der Waals surface area contributed by atoms with E-state index in [1.807, 2.05) is 63.5 Å². The van der Waals surface area contributed by atoms with Crippen LogP contribution in [0, 0.1) is 6.92 Å². The minimum absolute atomic E-state index is 0.150. The summed E-state index contributed by atoms with van der Waals surface area (Å²) in [6, 6.07) is 21.7. The second kappa shape index (κ2) is 11.5. The van der Waals surface area contributed by atoms with Crippen molar-refractivity contribution in [3.8, 4) is 0 Å². The van der Waals surface area contributed by atoms with Crippen molar-refractivity contribution in [2.75, 3.05) is 39.1 Å². The lowest BCUT2D eigenvalue weighted by atomic mass is 10.2. The number of amides is 1. The third-order valence-electron chi connectivity index (χ3n) is 6.05. The van der Waals surface area contributed by atoms with Gasteiger partial charge in [0.15, 0.2) is 5.13 Å². The molecule has 0 saturated heterocycles. The Morgan fingerprint density at radius 3 is 2.30 bits per heavy atom. The predicted molar refractivity (Wildman–Crippen MR) is 151 cm³/mol. The van der Waals surface area contributed by atoms with Gasteiger partial charge in [-0.15, -0.1) is 0 Å². The van der Waals surface area contributed by atoms with Crippen molar-refractivity contribution < 1.29 is 13.2 Å². The number of nitrogens with zero attached hydrogens (tertiary/aromatic N) is 4. The van der Waals surface area contributed by atoms with Crippen molar-refractivity contribution in [1.82, 2.24) is 14.2 Å². The molecule has 0 aliphatic carbocycles. The van der Waals surface area contributed by atoms with Crippen molar-refractivity contribution in [3.05, 3.63) is 89.5 Å². The van der Waals surface area contributed by atoms with E-state index >= 15 is 0 Å². The molecule has 4 rings (SSSR count). The summed E-state index contributed by atoms with van der Waals surface area (Å²) in [5, 5.41) is 0.642. The van der Waals surface area contributed by atoms with Crippen LogP contribution in [0.1, 0.15) is 27.9 Å². The smallest absolute Gasteiger partial charge is 0.260 e. The number of aromatic nitrogens is 1. The van der Waals surface area contributed by atoms with Gasteiger partial charge in [0, 0.05) is 25.7 Å². The minimum atomic E-state index is -3.70. The first kappa shape index (κ1) is 26.9. The van der Waals surface area contributed by atoms with Gasteiger partial charge in [-0.3, -0.25) is 9.69 Å². The van der Waals surface area contributed by atoms with Gasteiger partial charge in [0.05, 0.1) is 15.1 Å². The van der Waals surface area contributed by atoms with Crippen LogP contribution in [0.5, 0.6) is 0 Å². The highest BCUT2D eigenvalue weighted by Crippen LogP contribution is 2.31. The number of thiazole rings is 1. The molecule has 0 N–H and O–H groups in total. The van der Waals surface area contributed by atoms with E-state index in [1.54, 1.807) is 24.1 Å². The molecule has 0 spiro atoms. The number of fused-ring (bicyclic) bond motifs is 1. The first-order valence-electron chi connectivity index (χ1n) is 12.1. The van der Waals surface area contributed by atoms with Crippen molar-refractivity contribution in [2.24, 2.45) is 0 Å². The zero-order chi connectivity index (χ0) is 26.6. The molecule has 0 aliphatic rings.